The van der Waals surface area contributed by atoms with E-state index in [1.807, 2.05) is 11.8 Å². The van der Waals surface area contributed by atoms with Gasteiger partial charge in [0.1, 0.15) is 11.6 Å². The summed E-state index contributed by atoms with van der Waals surface area (Å²) in [6, 6.07) is 2.93. The van der Waals surface area contributed by atoms with Gasteiger partial charge in [-0.1, -0.05) is 0 Å². The Morgan fingerprint density at radius 2 is 2.28 bits per heavy atom. The SMILES string of the molecule is CC1CN(CC(=O)c2cc(F)ccc2F)CCO1. The lowest BCUT2D eigenvalue weighted by molar-refractivity contribution is -0.0158. The third-order valence-corrected chi connectivity index (χ3v) is 2.92. The Balaban J connectivity index is 2.05. The summed E-state index contributed by atoms with van der Waals surface area (Å²) < 4.78 is 31.8. The molecule has 0 spiro atoms. The molecule has 1 aromatic carbocycles. The fourth-order valence-corrected chi connectivity index (χ4v) is 2.03. The molecule has 3 nitrogen and oxygen atoms in total. The first kappa shape index (κ1) is 13.1. The van der Waals surface area contributed by atoms with E-state index in [0.29, 0.717) is 19.7 Å². The number of hydrogen-bond acceptors (Lipinski definition) is 3. The summed E-state index contributed by atoms with van der Waals surface area (Å²) in [4.78, 5) is 13.8. The van der Waals surface area contributed by atoms with E-state index in [1.165, 1.54) is 0 Å². The normalized spacial score (nSPS) is 20.9. The van der Waals surface area contributed by atoms with Gasteiger partial charge in [-0.2, -0.15) is 0 Å². The van der Waals surface area contributed by atoms with Gasteiger partial charge in [0.15, 0.2) is 5.78 Å². The van der Waals surface area contributed by atoms with Gasteiger partial charge in [0, 0.05) is 13.1 Å². The van der Waals surface area contributed by atoms with Crippen LogP contribution in [0.1, 0.15) is 17.3 Å². The van der Waals surface area contributed by atoms with Crippen LogP contribution in [0.15, 0.2) is 18.2 Å². The molecule has 1 aliphatic rings. The number of benzene rings is 1. The highest BCUT2D eigenvalue weighted by Crippen LogP contribution is 2.12. The molecule has 1 heterocycles. The fourth-order valence-electron chi connectivity index (χ4n) is 2.03. The number of ketones is 1. The van der Waals surface area contributed by atoms with E-state index < -0.39 is 17.4 Å². The van der Waals surface area contributed by atoms with Gasteiger partial charge in [-0.05, 0) is 25.1 Å². The van der Waals surface area contributed by atoms with Crippen LogP contribution < -0.4 is 0 Å². The molecule has 0 aliphatic carbocycles. The summed E-state index contributed by atoms with van der Waals surface area (Å²) in [6.45, 7) is 3.82. The molecule has 0 bridgehead atoms. The van der Waals surface area contributed by atoms with Gasteiger partial charge in [0.05, 0.1) is 24.8 Å². The van der Waals surface area contributed by atoms with E-state index in [-0.39, 0.29) is 18.2 Å². The van der Waals surface area contributed by atoms with E-state index in [2.05, 4.69) is 0 Å². The third-order valence-electron chi connectivity index (χ3n) is 2.92. The molecule has 0 aromatic heterocycles. The summed E-state index contributed by atoms with van der Waals surface area (Å²) in [5.41, 5.74) is -0.186. The lowest BCUT2D eigenvalue weighted by Gasteiger charge is -2.30. The molecule has 1 aromatic rings. The first-order chi connectivity index (χ1) is 8.56. The van der Waals surface area contributed by atoms with Crippen LogP contribution in [-0.4, -0.2) is 43.0 Å². The number of ether oxygens (including phenoxy) is 1. The van der Waals surface area contributed by atoms with E-state index in [1.54, 1.807) is 0 Å². The predicted octanol–water partition coefficient (Wildman–Crippen LogP) is 1.87. The summed E-state index contributed by atoms with van der Waals surface area (Å²) in [7, 11) is 0. The number of hydrogen-bond donors (Lipinski definition) is 0. The highest BCUT2D eigenvalue weighted by molar-refractivity contribution is 5.97. The number of Topliss-reactive ketones (excluding diaryl/α,β-unsaturated/α-hetero) is 1. The largest absolute Gasteiger partial charge is 0.376 e. The van der Waals surface area contributed by atoms with Crippen LogP contribution in [-0.2, 0) is 4.74 Å². The second-order valence-corrected chi connectivity index (χ2v) is 4.46. The first-order valence-corrected chi connectivity index (χ1v) is 5.88. The minimum atomic E-state index is -0.678. The fraction of sp³-hybridized carbons (Fsp3) is 0.462. The first-order valence-electron chi connectivity index (χ1n) is 5.88. The number of carbonyl (C=O) groups is 1. The van der Waals surface area contributed by atoms with Crippen LogP contribution in [0.4, 0.5) is 8.78 Å². The molecule has 0 amide bonds. The maximum Gasteiger partial charge on any atom is 0.179 e. The van der Waals surface area contributed by atoms with Crippen molar-refractivity contribution in [3.63, 3.8) is 0 Å². The van der Waals surface area contributed by atoms with Crippen molar-refractivity contribution >= 4 is 5.78 Å². The predicted molar refractivity (Wildman–Crippen MR) is 62.5 cm³/mol. The Kier molecular flexibility index (Phi) is 4.04. The second-order valence-electron chi connectivity index (χ2n) is 4.46. The molecule has 0 saturated carbocycles. The Labute approximate surface area is 104 Å². The zero-order chi connectivity index (χ0) is 13.1. The van der Waals surface area contributed by atoms with Gasteiger partial charge < -0.3 is 4.74 Å². The summed E-state index contributed by atoms with van der Waals surface area (Å²) in [5, 5.41) is 0. The van der Waals surface area contributed by atoms with Gasteiger partial charge >= 0.3 is 0 Å². The molecule has 1 fully saturated rings. The van der Waals surface area contributed by atoms with Gasteiger partial charge in [0.2, 0.25) is 0 Å². The molecule has 1 aliphatic heterocycles. The highest BCUT2D eigenvalue weighted by atomic mass is 19.1. The maximum absolute atomic E-state index is 13.4. The van der Waals surface area contributed by atoms with E-state index >= 15 is 0 Å². The van der Waals surface area contributed by atoms with Crippen molar-refractivity contribution < 1.29 is 18.3 Å². The second kappa shape index (κ2) is 5.54. The topological polar surface area (TPSA) is 29.5 Å². The Morgan fingerprint density at radius 3 is 3.00 bits per heavy atom. The van der Waals surface area contributed by atoms with Crippen molar-refractivity contribution in [1.29, 1.82) is 0 Å². The van der Waals surface area contributed by atoms with Crippen LogP contribution in [0.25, 0.3) is 0 Å². The van der Waals surface area contributed by atoms with Crippen molar-refractivity contribution in [3.05, 3.63) is 35.4 Å². The minimum Gasteiger partial charge on any atom is -0.376 e. The van der Waals surface area contributed by atoms with Crippen LogP contribution in [0.5, 0.6) is 0 Å². The zero-order valence-corrected chi connectivity index (χ0v) is 10.2. The van der Waals surface area contributed by atoms with Crippen LogP contribution in [0.3, 0.4) is 0 Å². The molecule has 1 saturated heterocycles. The number of carbonyl (C=O) groups excluding carboxylic acids is 1. The molecular formula is C13H15F2NO2. The molecule has 18 heavy (non-hydrogen) atoms. The molecule has 5 heteroatoms. The molecule has 0 radical (unpaired) electrons. The summed E-state index contributed by atoms with van der Waals surface area (Å²) in [5.74, 6) is -1.68. The zero-order valence-electron chi connectivity index (χ0n) is 10.2. The van der Waals surface area contributed by atoms with Gasteiger partial charge in [-0.15, -0.1) is 0 Å². The van der Waals surface area contributed by atoms with Crippen LogP contribution >= 0.6 is 0 Å². The molecule has 1 unspecified atom stereocenters. The molecule has 1 atom stereocenters. The van der Waals surface area contributed by atoms with E-state index in [9.17, 15) is 13.6 Å². The summed E-state index contributed by atoms with van der Waals surface area (Å²) >= 11 is 0. The Hall–Kier alpha value is -1.33. The highest BCUT2D eigenvalue weighted by Gasteiger charge is 2.21. The van der Waals surface area contributed by atoms with Gasteiger partial charge in [-0.3, -0.25) is 9.69 Å². The standard InChI is InChI=1S/C13H15F2NO2/c1-9-7-16(4-5-18-9)8-13(17)11-6-10(14)2-3-12(11)15/h2-3,6,9H,4-5,7-8H2,1H3. The summed E-state index contributed by atoms with van der Waals surface area (Å²) in [6.07, 6.45) is 0.0592. The average Bonchev–Trinajstić information content (AvgIpc) is 2.32. The molecule has 98 valence electrons. The average molecular weight is 255 g/mol. The third kappa shape index (κ3) is 3.11. The quantitative estimate of drug-likeness (QED) is 0.772. The van der Waals surface area contributed by atoms with Crippen molar-refractivity contribution in [2.24, 2.45) is 0 Å². The maximum atomic E-state index is 13.4. The van der Waals surface area contributed by atoms with Gasteiger partial charge in [0.25, 0.3) is 0 Å². The number of nitrogens with zero attached hydrogens (tertiary/aromatic N) is 1. The lowest BCUT2D eigenvalue weighted by atomic mass is 10.1. The Bertz CT molecular complexity index is 451. The Morgan fingerprint density at radius 1 is 1.50 bits per heavy atom. The molecule has 0 N–H and O–H groups in total. The van der Waals surface area contributed by atoms with Crippen molar-refractivity contribution in [1.82, 2.24) is 4.90 Å². The number of rotatable bonds is 3. The van der Waals surface area contributed by atoms with E-state index in [4.69, 9.17) is 4.74 Å². The minimum absolute atomic E-state index is 0.0592. The van der Waals surface area contributed by atoms with E-state index in [0.717, 1.165) is 18.2 Å². The van der Waals surface area contributed by atoms with Crippen molar-refractivity contribution in [2.45, 2.75) is 13.0 Å². The van der Waals surface area contributed by atoms with Crippen molar-refractivity contribution in [3.8, 4) is 0 Å². The van der Waals surface area contributed by atoms with Crippen molar-refractivity contribution in [2.75, 3.05) is 26.2 Å². The van der Waals surface area contributed by atoms with Gasteiger partial charge in [-0.25, -0.2) is 8.78 Å². The number of morpholine rings is 1. The molecular weight excluding hydrogens is 240 g/mol. The molecule has 2 rings (SSSR count). The monoisotopic (exact) mass is 255 g/mol. The number of halogens is 2. The van der Waals surface area contributed by atoms with Crippen LogP contribution in [0, 0.1) is 11.6 Å². The van der Waals surface area contributed by atoms with Crippen LogP contribution in [0.2, 0.25) is 0 Å². The lowest BCUT2D eigenvalue weighted by Crippen LogP contribution is -2.43. The smallest absolute Gasteiger partial charge is 0.179 e.